The molecule has 178 valence electrons. The summed E-state index contributed by atoms with van der Waals surface area (Å²) < 4.78 is 28.3. The molecule has 1 aliphatic rings. The van der Waals surface area contributed by atoms with Gasteiger partial charge in [0.15, 0.2) is 0 Å². The van der Waals surface area contributed by atoms with Gasteiger partial charge < -0.3 is 4.98 Å². The first-order valence-corrected chi connectivity index (χ1v) is 12.6. The number of carbonyl (C=O) groups is 2. The average Bonchev–Trinajstić information content (AvgIpc) is 3.42. The van der Waals surface area contributed by atoms with Crippen LogP contribution in [0.3, 0.4) is 0 Å². The van der Waals surface area contributed by atoms with Crippen LogP contribution in [0.4, 0.5) is 5.69 Å². The highest BCUT2D eigenvalue weighted by atomic mass is 32.2. The van der Waals surface area contributed by atoms with Gasteiger partial charge in [-0.15, -0.1) is 0 Å². The van der Waals surface area contributed by atoms with Crippen LogP contribution in [-0.2, 0) is 27.7 Å². The van der Waals surface area contributed by atoms with Crippen LogP contribution in [0.1, 0.15) is 28.4 Å². The SMILES string of the molecule is C[C@H]1Cc2ccccc2N1S(=O)(=O)c1cccc(C(=O)NNC(=O)Cc2c[nH]c3ccccc23)c1. The van der Waals surface area contributed by atoms with Gasteiger partial charge in [-0.25, -0.2) is 8.42 Å². The van der Waals surface area contributed by atoms with Crippen molar-refractivity contribution >= 4 is 38.4 Å². The highest BCUT2D eigenvalue weighted by molar-refractivity contribution is 7.92. The zero-order valence-corrected chi connectivity index (χ0v) is 19.8. The topological polar surface area (TPSA) is 111 Å². The minimum absolute atomic E-state index is 0.0128. The van der Waals surface area contributed by atoms with Crippen LogP contribution in [0.2, 0.25) is 0 Å². The number of carbonyl (C=O) groups excluding carboxylic acids is 2. The van der Waals surface area contributed by atoms with Crippen molar-refractivity contribution in [3.63, 3.8) is 0 Å². The Bertz CT molecular complexity index is 1540. The number of anilines is 1. The number of hydrogen-bond donors (Lipinski definition) is 3. The number of H-pyrrole nitrogens is 1. The minimum Gasteiger partial charge on any atom is -0.361 e. The second-order valence-corrected chi connectivity index (χ2v) is 10.4. The Morgan fingerprint density at radius 2 is 1.77 bits per heavy atom. The van der Waals surface area contributed by atoms with Gasteiger partial charge in [0.2, 0.25) is 5.91 Å². The Labute approximate surface area is 203 Å². The first-order valence-electron chi connectivity index (χ1n) is 11.2. The van der Waals surface area contributed by atoms with Gasteiger partial charge in [0.25, 0.3) is 15.9 Å². The van der Waals surface area contributed by atoms with E-state index in [0.29, 0.717) is 12.1 Å². The van der Waals surface area contributed by atoms with Gasteiger partial charge in [-0.2, -0.15) is 0 Å². The van der Waals surface area contributed by atoms with Crippen molar-refractivity contribution in [2.75, 3.05) is 4.31 Å². The van der Waals surface area contributed by atoms with Crippen molar-refractivity contribution in [2.45, 2.75) is 30.7 Å². The van der Waals surface area contributed by atoms with Crippen LogP contribution in [0.15, 0.2) is 83.9 Å². The third-order valence-electron chi connectivity index (χ3n) is 6.14. The maximum Gasteiger partial charge on any atom is 0.269 e. The maximum absolute atomic E-state index is 13.5. The van der Waals surface area contributed by atoms with Gasteiger partial charge in [0.1, 0.15) is 0 Å². The van der Waals surface area contributed by atoms with Crippen molar-refractivity contribution < 1.29 is 18.0 Å². The van der Waals surface area contributed by atoms with Crippen molar-refractivity contribution in [3.8, 4) is 0 Å². The maximum atomic E-state index is 13.5. The van der Waals surface area contributed by atoms with E-state index < -0.39 is 21.8 Å². The number of aromatic amines is 1. The number of para-hydroxylation sites is 2. The summed E-state index contributed by atoms with van der Waals surface area (Å²) in [5.41, 5.74) is 8.25. The molecule has 4 aromatic rings. The lowest BCUT2D eigenvalue weighted by atomic mass is 10.1. The Kier molecular flexibility index (Phi) is 5.78. The van der Waals surface area contributed by atoms with E-state index in [1.165, 1.54) is 28.6 Å². The van der Waals surface area contributed by atoms with Crippen LogP contribution in [0, 0.1) is 0 Å². The minimum atomic E-state index is -3.88. The van der Waals surface area contributed by atoms with Gasteiger partial charge in [-0.1, -0.05) is 42.5 Å². The van der Waals surface area contributed by atoms with Crippen molar-refractivity contribution in [3.05, 3.63) is 95.7 Å². The highest BCUT2D eigenvalue weighted by Crippen LogP contribution is 2.36. The third-order valence-corrected chi connectivity index (χ3v) is 8.06. The van der Waals surface area contributed by atoms with Gasteiger partial charge >= 0.3 is 0 Å². The molecule has 1 atom stereocenters. The van der Waals surface area contributed by atoms with Crippen LogP contribution >= 0.6 is 0 Å². The van der Waals surface area contributed by atoms with E-state index in [2.05, 4.69) is 15.8 Å². The normalized spacial score (nSPS) is 15.1. The van der Waals surface area contributed by atoms with E-state index in [9.17, 15) is 18.0 Å². The predicted molar refractivity (Wildman–Crippen MR) is 133 cm³/mol. The van der Waals surface area contributed by atoms with E-state index in [-0.39, 0.29) is 22.9 Å². The summed E-state index contributed by atoms with van der Waals surface area (Å²) in [5.74, 6) is -1.00. The van der Waals surface area contributed by atoms with E-state index in [1.54, 1.807) is 12.3 Å². The second kappa shape index (κ2) is 8.92. The predicted octanol–water partition coefficient (Wildman–Crippen LogP) is 3.31. The summed E-state index contributed by atoms with van der Waals surface area (Å²) in [4.78, 5) is 28.2. The molecule has 3 N–H and O–H groups in total. The van der Waals surface area contributed by atoms with Gasteiger partial charge in [-0.05, 0) is 54.8 Å². The molecule has 0 saturated heterocycles. The van der Waals surface area contributed by atoms with Crippen LogP contribution in [0.25, 0.3) is 10.9 Å². The van der Waals surface area contributed by atoms with Gasteiger partial charge in [0, 0.05) is 28.7 Å². The summed E-state index contributed by atoms with van der Waals surface area (Å²) in [6, 6.07) is 20.6. The Morgan fingerprint density at radius 3 is 2.63 bits per heavy atom. The first-order chi connectivity index (χ1) is 16.8. The van der Waals surface area contributed by atoms with E-state index >= 15 is 0 Å². The molecular weight excluding hydrogens is 464 g/mol. The molecule has 0 unspecified atom stereocenters. The van der Waals surface area contributed by atoms with Gasteiger partial charge in [-0.3, -0.25) is 24.7 Å². The number of hydrazine groups is 1. The van der Waals surface area contributed by atoms with Crippen LogP contribution < -0.4 is 15.2 Å². The molecule has 2 amide bonds. The zero-order valence-electron chi connectivity index (χ0n) is 19.0. The largest absolute Gasteiger partial charge is 0.361 e. The number of fused-ring (bicyclic) bond motifs is 2. The van der Waals surface area contributed by atoms with E-state index in [4.69, 9.17) is 0 Å². The number of nitrogens with one attached hydrogen (secondary N) is 3. The highest BCUT2D eigenvalue weighted by Gasteiger charge is 2.36. The number of nitrogens with zero attached hydrogens (tertiary/aromatic N) is 1. The molecule has 0 bridgehead atoms. The molecule has 9 heteroatoms. The smallest absolute Gasteiger partial charge is 0.269 e. The molecule has 1 aliphatic heterocycles. The molecule has 0 aliphatic carbocycles. The summed E-state index contributed by atoms with van der Waals surface area (Å²) in [7, 11) is -3.88. The number of sulfonamides is 1. The fourth-order valence-corrected chi connectivity index (χ4v) is 6.25. The molecular formula is C26H24N4O4S. The van der Waals surface area contributed by atoms with E-state index in [0.717, 1.165) is 22.0 Å². The first kappa shape index (κ1) is 22.7. The van der Waals surface area contributed by atoms with E-state index in [1.807, 2.05) is 49.4 Å². The molecule has 2 heterocycles. The lowest BCUT2D eigenvalue weighted by Crippen LogP contribution is -2.42. The van der Waals surface area contributed by atoms with Crippen LogP contribution in [0.5, 0.6) is 0 Å². The second-order valence-electron chi connectivity index (χ2n) is 8.55. The molecule has 1 aromatic heterocycles. The quantitative estimate of drug-likeness (QED) is 0.374. The lowest BCUT2D eigenvalue weighted by molar-refractivity contribution is -0.121. The Morgan fingerprint density at radius 1 is 1.00 bits per heavy atom. The van der Waals surface area contributed by atoms with Crippen molar-refractivity contribution in [1.29, 1.82) is 0 Å². The number of hydrogen-bond acceptors (Lipinski definition) is 4. The third kappa shape index (κ3) is 4.26. The fourth-order valence-electron chi connectivity index (χ4n) is 4.51. The summed E-state index contributed by atoms with van der Waals surface area (Å²) in [5, 5.41) is 0.935. The molecule has 0 fully saturated rings. The summed E-state index contributed by atoms with van der Waals surface area (Å²) in [6.45, 7) is 1.86. The number of aromatic nitrogens is 1. The zero-order chi connectivity index (χ0) is 24.6. The molecule has 5 rings (SSSR count). The molecule has 35 heavy (non-hydrogen) atoms. The molecule has 8 nitrogen and oxygen atoms in total. The molecule has 0 radical (unpaired) electrons. The number of amides is 2. The van der Waals surface area contributed by atoms with Crippen molar-refractivity contribution in [2.24, 2.45) is 0 Å². The average molecular weight is 489 g/mol. The number of rotatable bonds is 5. The Hall–Kier alpha value is -4.11. The summed E-state index contributed by atoms with van der Waals surface area (Å²) >= 11 is 0. The van der Waals surface area contributed by atoms with Crippen LogP contribution in [-0.4, -0.2) is 31.3 Å². The lowest BCUT2D eigenvalue weighted by Gasteiger charge is -2.24. The van der Waals surface area contributed by atoms with Gasteiger partial charge in [0.05, 0.1) is 17.0 Å². The molecule has 3 aromatic carbocycles. The fraction of sp³-hybridized carbons (Fsp3) is 0.154. The Balaban J connectivity index is 1.29. The molecule has 0 spiro atoms. The van der Waals surface area contributed by atoms with Crippen molar-refractivity contribution in [1.82, 2.24) is 15.8 Å². The number of benzene rings is 3. The molecule has 0 saturated carbocycles. The summed E-state index contributed by atoms with van der Waals surface area (Å²) in [6.07, 6.45) is 2.46. The monoisotopic (exact) mass is 488 g/mol. The standard InChI is InChI=1S/C26H24N4O4S/c1-17-13-18-7-2-5-12-24(18)30(17)35(33,34)21-9-6-8-19(14-21)26(32)29-28-25(31)15-20-16-27-23-11-4-3-10-22(20)23/h2-12,14,16-17,27H,13,15H2,1H3,(H,28,31)(H,29,32)/t17-/m0/s1.